The molecule has 0 aliphatic heterocycles. The lowest BCUT2D eigenvalue weighted by atomic mass is 10.0. The molecular weight excluding hydrogens is 168 g/mol. The van der Waals surface area contributed by atoms with Gasteiger partial charge in [0, 0.05) is 0 Å². The van der Waals surface area contributed by atoms with Crippen LogP contribution in [0.4, 0.5) is 0 Å². The van der Waals surface area contributed by atoms with Gasteiger partial charge in [-0.05, 0) is 32.1 Å². The summed E-state index contributed by atoms with van der Waals surface area (Å²) in [5, 5.41) is 8.43. The van der Waals surface area contributed by atoms with Gasteiger partial charge in [0.25, 0.3) is 0 Å². The summed E-state index contributed by atoms with van der Waals surface area (Å²) in [4.78, 5) is 10.3. The molecule has 74 valence electrons. The second-order valence-corrected chi connectivity index (χ2v) is 3.31. The molecule has 0 aromatic rings. The van der Waals surface area contributed by atoms with E-state index in [2.05, 4.69) is 12.2 Å². The van der Waals surface area contributed by atoms with Crippen LogP contribution >= 0.6 is 0 Å². The van der Waals surface area contributed by atoms with Gasteiger partial charge in [0.15, 0.2) is 0 Å². The van der Waals surface area contributed by atoms with E-state index in [0.29, 0.717) is 0 Å². The van der Waals surface area contributed by atoms with Crippen molar-refractivity contribution >= 4 is 5.97 Å². The highest BCUT2D eigenvalue weighted by molar-refractivity contribution is 5.68. The Labute approximate surface area is 78.4 Å². The Hall–Kier alpha value is -0.830. The zero-order valence-corrected chi connectivity index (χ0v) is 7.74. The Morgan fingerprint density at radius 3 is 2.92 bits per heavy atom. The van der Waals surface area contributed by atoms with Crippen molar-refractivity contribution in [3.8, 4) is 0 Å². The van der Waals surface area contributed by atoms with E-state index in [1.54, 1.807) is 0 Å². The van der Waals surface area contributed by atoms with Crippen molar-refractivity contribution in [2.24, 2.45) is 0 Å². The van der Waals surface area contributed by atoms with E-state index in [0.717, 1.165) is 32.1 Å². The fraction of sp³-hybridized carbons (Fsp3) is 0.700. The van der Waals surface area contributed by atoms with Crippen molar-refractivity contribution in [1.82, 2.24) is 0 Å². The van der Waals surface area contributed by atoms with Crippen molar-refractivity contribution in [2.45, 2.75) is 38.2 Å². The zero-order valence-electron chi connectivity index (χ0n) is 7.74. The number of ether oxygens (including phenoxy) is 1. The van der Waals surface area contributed by atoms with Crippen LogP contribution in [0.25, 0.3) is 0 Å². The maximum Gasteiger partial charge on any atom is 0.329 e. The summed E-state index contributed by atoms with van der Waals surface area (Å²) in [7, 11) is 0. The van der Waals surface area contributed by atoms with Crippen LogP contribution < -0.4 is 0 Å². The van der Waals surface area contributed by atoms with Crippen LogP contribution in [-0.2, 0) is 9.53 Å². The maximum absolute atomic E-state index is 10.3. The van der Waals surface area contributed by atoms with Crippen LogP contribution in [0.5, 0.6) is 0 Å². The van der Waals surface area contributed by atoms with Gasteiger partial charge in [-0.1, -0.05) is 12.2 Å². The molecule has 1 rings (SSSR count). The molecule has 0 saturated carbocycles. The summed E-state index contributed by atoms with van der Waals surface area (Å²) >= 11 is 0. The van der Waals surface area contributed by atoms with Gasteiger partial charge in [-0.3, -0.25) is 0 Å². The van der Waals surface area contributed by atoms with E-state index in [1.165, 1.54) is 0 Å². The number of allylic oxidation sites excluding steroid dienone is 2. The number of rotatable bonds is 3. The average Bonchev–Trinajstić information content (AvgIpc) is 2.01. The second-order valence-electron chi connectivity index (χ2n) is 3.31. The summed E-state index contributed by atoms with van der Waals surface area (Å²) in [6.45, 7) is -0.158. The Morgan fingerprint density at radius 2 is 2.15 bits per heavy atom. The molecule has 0 spiro atoms. The molecule has 0 saturated heterocycles. The number of carboxylic acid groups (broad SMARTS) is 1. The van der Waals surface area contributed by atoms with Gasteiger partial charge < -0.3 is 9.84 Å². The molecule has 3 heteroatoms. The lowest BCUT2D eigenvalue weighted by Crippen LogP contribution is -2.18. The highest BCUT2D eigenvalue weighted by atomic mass is 16.5. The molecule has 0 bridgehead atoms. The van der Waals surface area contributed by atoms with E-state index in [9.17, 15) is 4.79 Å². The van der Waals surface area contributed by atoms with Crippen LogP contribution in [0, 0.1) is 0 Å². The highest BCUT2D eigenvalue weighted by Gasteiger charge is 2.10. The van der Waals surface area contributed by atoms with Gasteiger partial charge in [-0.25, -0.2) is 4.79 Å². The number of hydrogen-bond donors (Lipinski definition) is 1. The Kier molecular flexibility index (Phi) is 4.54. The molecule has 0 heterocycles. The van der Waals surface area contributed by atoms with Gasteiger partial charge in [0.05, 0.1) is 6.10 Å². The van der Waals surface area contributed by atoms with E-state index in [4.69, 9.17) is 9.84 Å². The molecule has 0 amide bonds. The number of hydrogen-bond acceptors (Lipinski definition) is 2. The van der Waals surface area contributed by atoms with Gasteiger partial charge >= 0.3 is 5.97 Å². The molecule has 1 aliphatic rings. The van der Waals surface area contributed by atoms with Gasteiger partial charge in [0.2, 0.25) is 0 Å². The first-order valence-corrected chi connectivity index (χ1v) is 4.77. The van der Waals surface area contributed by atoms with Crippen molar-refractivity contribution < 1.29 is 14.6 Å². The van der Waals surface area contributed by atoms with Crippen LogP contribution in [0.15, 0.2) is 12.2 Å². The third-order valence-electron chi connectivity index (χ3n) is 2.16. The minimum Gasteiger partial charge on any atom is -0.480 e. The van der Waals surface area contributed by atoms with E-state index >= 15 is 0 Å². The number of carboxylic acids is 1. The van der Waals surface area contributed by atoms with Crippen LogP contribution in [0.1, 0.15) is 32.1 Å². The van der Waals surface area contributed by atoms with Crippen molar-refractivity contribution in [1.29, 1.82) is 0 Å². The summed E-state index contributed by atoms with van der Waals surface area (Å²) in [5.74, 6) is -0.877. The minimum atomic E-state index is -0.877. The van der Waals surface area contributed by atoms with E-state index < -0.39 is 5.97 Å². The molecule has 3 nitrogen and oxygen atoms in total. The Bertz CT molecular complexity index is 187. The fourth-order valence-electron chi connectivity index (χ4n) is 1.48. The molecule has 0 unspecified atom stereocenters. The molecule has 13 heavy (non-hydrogen) atoms. The first kappa shape index (κ1) is 10.3. The molecular formula is C10H16O3. The van der Waals surface area contributed by atoms with Crippen LogP contribution in [0.3, 0.4) is 0 Å². The molecule has 0 fully saturated rings. The van der Waals surface area contributed by atoms with Crippen LogP contribution in [0.2, 0.25) is 0 Å². The summed E-state index contributed by atoms with van der Waals surface area (Å²) < 4.78 is 5.25. The average molecular weight is 184 g/mol. The molecule has 1 aliphatic carbocycles. The van der Waals surface area contributed by atoms with E-state index in [1.807, 2.05) is 0 Å². The summed E-state index contributed by atoms with van der Waals surface area (Å²) in [6.07, 6.45) is 9.60. The smallest absolute Gasteiger partial charge is 0.329 e. The monoisotopic (exact) mass is 184 g/mol. The third kappa shape index (κ3) is 4.68. The van der Waals surface area contributed by atoms with E-state index in [-0.39, 0.29) is 12.7 Å². The first-order valence-electron chi connectivity index (χ1n) is 4.77. The highest BCUT2D eigenvalue weighted by Crippen LogP contribution is 2.14. The topological polar surface area (TPSA) is 46.5 Å². The summed E-state index contributed by atoms with van der Waals surface area (Å²) in [6, 6.07) is 0. The third-order valence-corrected chi connectivity index (χ3v) is 2.16. The SMILES string of the molecule is O=C(O)CO[C@@H]1CCC=CCCC1. The van der Waals surface area contributed by atoms with Crippen molar-refractivity contribution in [3.63, 3.8) is 0 Å². The predicted molar refractivity (Wildman–Crippen MR) is 49.6 cm³/mol. The Morgan fingerprint density at radius 1 is 1.38 bits per heavy atom. The first-order chi connectivity index (χ1) is 6.29. The minimum absolute atomic E-state index is 0.140. The largest absolute Gasteiger partial charge is 0.480 e. The molecule has 0 aromatic heterocycles. The maximum atomic E-state index is 10.3. The van der Waals surface area contributed by atoms with Gasteiger partial charge in [-0.15, -0.1) is 0 Å². The standard InChI is InChI=1S/C10H16O3/c11-10(12)8-13-9-6-4-2-1-3-5-7-9/h1-2,9H,3-8H2,(H,11,12)/t9-/m1/s1. The molecule has 1 atom stereocenters. The fourth-order valence-corrected chi connectivity index (χ4v) is 1.48. The quantitative estimate of drug-likeness (QED) is 0.682. The normalized spacial score (nSPS) is 23.5. The predicted octanol–water partition coefficient (Wildman–Crippen LogP) is 1.98. The van der Waals surface area contributed by atoms with Crippen molar-refractivity contribution in [3.05, 3.63) is 12.2 Å². The molecule has 0 aromatic carbocycles. The molecule has 1 N–H and O–H groups in total. The number of carbonyl (C=O) groups is 1. The number of aliphatic carboxylic acids is 1. The Balaban J connectivity index is 2.23. The van der Waals surface area contributed by atoms with Crippen molar-refractivity contribution in [2.75, 3.05) is 6.61 Å². The zero-order chi connectivity index (χ0) is 9.52. The summed E-state index contributed by atoms with van der Waals surface area (Å²) in [5.41, 5.74) is 0. The van der Waals surface area contributed by atoms with Gasteiger partial charge in [-0.2, -0.15) is 0 Å². The van der Waals surface area contributed by atoms with Gasteiger partial charge in [0.1, 0.15) is 6.61 Å². The lowest BCUT2D eigenvalue weighted by Gasteiger charge is -2.16. The second kappa shape index (κ2) is 5.75. The molecule has 0 radical (unpaired) electrons. The lowest BCUT2D eigenvalue weighted by molar-refractivity contribution is -0.144. The van der Waals surface area contributed by atoms with Crippen LogP contribution in [-0.4, -0.2) is 23.8 Å².